The SMILES string of the molecule is COc1cccc(OCC(=O)N(C)CC(=O)O)c1C. The van der Waals surface area contributed by atoms with Crippen LogP contribution in [0.1, 0.15) is 5.56 Å². The van der Waals surface area contributed by atoms with E-state index < -0.39 is 11.9 Å². The number of ether oxygens (including phenoxy) is 2. The number of hydrogen-bond donors (Lipinski definition) is 1. The van der Waals surface area contributed by atoms with Crippen molar-refractivity contribution in [1.29, 1.82) is 0 Å². The average Bonchev–Trinajstić information content (AvgIpc) is 2.36. The standard InChI is InChI=1S/C13H17NO5/c1-9-10(18-3)5-4-6-11(9)19-8-12(15)14(2)7-13(16)17/h4-6H,7-8H2,1-3H3,(H,16,17). The third kappa shape index (κ3) is 4.17. The third-order valence-electron chi connectivity index (χ3n) is 2.60. The first-order valence-electron chi connectivity index (χ1n) is 5.68. The highest BCUT2D eigenvalue weighted by Gasteiger charge is 2.13. The van der Waals surface area contributed by atoms with Crippen molar-refractivity contribution in [1.82, 2.24) is 4.90 Å². The molecule has 6 heteroatoms. The summed E-state index contributed by atoms with van der Waals surface area (Å²) in [6.45, 7) is 1.26. The number of methoxy groups -OCH3 is 1. The molecular formula is C13H17NO5. The number of aliphatic carboxylic acids is 1. The highest BCUT2D eigenvalue weighted by atomic mass is 16.5. The molecule has 0 aliphatic rings. The lowest BCUT2D eigenvalue weighted by atomic mass is 10.2. The van der Waals surface area contributed by atoms with Crippen LogP contribution in [0.25, 0.3) is 0 Å². The van der Waals surface area contributed by atoms with Crippen molar-refractivity contribution in [2.45, 2.75) is 6.92 Å². The summed E-state index contributed by atoms with van der Waals surface area (Å²) >= 11 is 0. The highest BCUT2D eigenvalue weighted by Crippen LogP contribution is 2.26. The van der Waals surface area contributed by atoms with Crippen LogP contribution < -0.4 is 9.47 Å². The van der Waals surface area contributed by atoms with Crippen LogP contribution in [0.15, 0.2) is 18.2 Å². The molecule has 0 spiro atoms. The maximum atomic E-state index is 11.6. The Kier molecular flexibility index (Phi) is 5.17. The van der Waals surface area contributed by atoms with Crippen molar-refractivity contribution in [3.8, 4) is 11.5 Å². The lowest BCUT2D eigenvalue weighted by molar-refractivity contribution is -0.144. The largest absolute Gasteiger partial charge is 0.496 e. The molecule has 104 valence electrons. The van der Waals surface area contributed by atoms with E-state index in [0.29, 0.717) is 11.5 Å². The number of nitrogens with zero attached hydrogens (tertiary/aromatic N) is 1. The summed E-state index contributed by atoms with van der Waals surface area (Å²) in [6.07, 6.45) is 0. The molecule has 0 fully saturated rings. The van der Waals surface area contributed by atoms with Gasteiger partial charge in [0.2, 0.25) is 0 Å². The minimum Gasteiger partial charge on any atom is -0.496 e. The van der Waals surface area contributed by atoms with Gasteiger partial charge in [-0.15, -0.1) is 0 Å². The fourth-order valence-corrected chi connectivity index (χ4v) is 1.51. The molecule has 19 heavy (non-hydrogen) atoms. The third-order valence-corrected chi connectivity index (χ3v) is 2.60. The molecule has 1 amide bonds. The van der Waals surface area contributed by atoms with Crippen LogP contribution in [0.4, 0.5) is 0 Å². The van der Waals surface area contributed by atoms with E-state index in [4.69, 9.17) is 14.6 Å². The Morgan fingerprint density at radius 3 is 2.53 bits per heavy atom. The van der Waals surface area contributed by atoms with E-state index in [1.807, 2.05) is 6.92 Å². The van der Waals surface area contributed by atoms with Gasteiger partial charge in [-0.3, -0.25) is 9.59 Å². The van der Waals surface area contributed by atoms with E-state index in [1.54, 1.807) is 25.3 Å². The summed E-state index contributed by atoms with van der Waals surface area (Å²) in [7, 11) is 2.97. The number of carboxylic acid groups (broad SMARTS) is 1. The van der Waals surface area contributed by atoms with Crippen molar-refractivity contribution in [2.75, 3.05) is 27.3 Å². The quantitative estimate of drug-likeness (QED) is 0.829. The molecule has 0 bridgehead atoms. The summed E-state index contributed by atoms with van der Waals surface area (Å²) in [5.74, 6) is -0.252. The predicted octanol–water partition coefficient (Wildman–Crippen LogP) is 0.925. The fraction of sp³-hybridized carbons (Fsp3) is 0.385. The van der Waals surface area contributed by atoms with Crippen molar-refractivity contribution in [3.63, 3.8) is 0 Å². The lowest BCUT2D eigenvalue weighted by Gasteiger charge is -2.16. The van der Waals surface area contributed by atoms with Crippen molar-refractivity contribution in [2.24, 2.45) is 0 Å². The summed E-state index contributed by atoms with van der Waals surface area (Å²) in [5, 5.41) is 8.58. The predicted molar refractivity (Wildman–Crippen MR) is 68.5 cm³/mol. The van der Waals surface area contributed by atoms with Crippen LogP contribution in [-0.4, -0.2) is 49.2 Å². The van der Waals surface area contributed by atoms with Crippen LogP contribution in [0, 0.1) is 6.92 Å². The highest BCUT2D eigenvalue weighted by molar-refractivity contribution is 5.82. The summed E-state index contributed by atoms with van der Waals surface area (Å²) in [4.78, 5) is 23.2. The minimum absolute atomic E-state index is 0.211. The van der Waals surface area contributed by atoms with E-state index in [0.717, 1.165) is 10.5 Å². The molecule has 0 aliphatic carbocycles. The second-order valence-corrected chi connectivity index (χ2v) is 4.02. The van der Waals surface area contributed by atoms with Gasteiger partial charge in [0, 0.05) is 12.6 Å². The Balaban J connectivity index is 2.62. The molecule has 0 saturated carbocycles. The molecule has 0 heterocycles. The number of rotatable bonds is 6. The van der Waals surface area contributed by atoms with E-state index in [2.05, 4.69) is 0 Å². The first kappa shape index (κ1) is 14.8. The normalized spacial score (nSPS) is 9.84. The number of carboxylic acids is 1. The zero-order valence-electron chi connectivity index (χ0n) is 11.2. The van der Waals surface area contributed by atoms with Crippen molar-refractivity contribution >= 4 is 11.9 Å². The van der Waals surface area contributed by atoms with E-state index >= 15 is 0 Å². The zero-order chi connectivity index (χ0) is 14.4. The fourth-order valence-electron chi connectivity index (χ4n) is 1.51. The maximum Gasteiger partial charge on any atom is 0.323 e. The summed E-state index contributed by atoms with van der Waals surface area (Å²) < 4.78 is 10.5. The van der Waals surface area contributed by atoms with E-state index in [1.165, 1.54) is 7.05 Å². The molecule has 0 atom stereocenters. The Morgan fingerprint density at radius 2 is 1.95 bits per heavy atom. The molecule has 6 nitrogen and oxygen atoms in total. The second-order valence-electron chi connectivity index (χ2n) is 4.02. The molecule has 1 N–H and O–H groups in total. The first-order valence-corrected chi connectivity index (χ1v) is 5.68. The molecule has 1 rings (SSSR count). The lowest BCUT2D eigenvalue weighted by Crippen LogP contribution is -2.35. The average molecular weight is 267 g/mol. The number of hydrogen-bond acceptors (Lipinski definition) is 4. The van der Waals surface area contributed by atoms with Crippen LogP contribution >= 0.6 is 0 Å². The van der Waals surface area contributed by atoms with E-state index in [-0.39, 0.29) is 13.2 Å². The molecular weight excluding hydrogens is 250 g/mol. The van der Waals surface area contributed by atoms with Gasteiger partial charge in [0.05, 0.1) is 7.11 Å². The van der Waals surface area contributed by atoms with Gasteiger partial charge in [-0.05, 0) is 19.1 Å². The van der Waals surface area contributed by atoms with Crippen molar-refractivity contribution in [3.05, 3.63) is 23.8 Å². The van der Waals surface area contributed by atoms with Gasteiger partial charge >= 0.3 is 5.97 Å². The smallest absolute Gasteiger partial charge is 0.323 e. The van der Waals surface area contributed by atoms with Crippen LogP contribution in [0.2, 0.25) is 0 Å². The Bertz CT molecular complexity index is 472. The van der Waals surface area contributed by atoms with Gasteiger partial charge in [0.15, 0.2) is 6.61 Å². The van der Waals surface area contributed by atoms with Gasteiger partial charge in [-0.1, -0.05) is 6.07 Å². The maximum absolute atomic E-state index is 11.6. The summed E-state index contributed by atoms with van der Waals surface area (Å²) in [5.41, 5.74) is 0.790. The van der Waals surface area contributed by atoms with Gasteiger partial charge in [-0.25, -0.2) is 0 Å². The molecule has 0 saturated heterocycles. The second kappa shape index (κ2) is 6.63. The Labute approximate surface area is 111 Å². The van der Waals surface area contributed by atoms with Gasteiger partial charge in [0.1, 0.15) is 18.0 Å². The van der Waals surface area contributed by atoms with Gasteiger partial charge < -0.3 is 19.5 Å². The number of benzene rings is 1. The minimum atomic E-state index is -1.06. The van der Waals surface area contributed by atoms with Crippen LogP contribution in [0.5, 0.6) is 11.5 Å². The summed E-state index contributed by atoms with van der Waals surface area (Å²) in [6, 6.07) is 5.27. The number of likely N-dealkylation sites (N-methyl/N-ethyl adjacent to an activating group) is 1. The monoisotopic (exact) mass is 267 g/mol. The first-order chi connectivity index (χ1) is 8.95. The molecule has 0 aliphatic heterocycles. The molecule has 0 aromatic heterocycles. The Hall–Kier alpha value is -2.24. The Morgan fingerprint density at radius 1 is 1.32 bits per heavy atom. The molecule has 0 radical (unpaired) electrons. The van der Waals surface area contributed by atoms with Crippen molar-refractivity contribution < 1.29 is 24.2 Å². The molecule has 1 aromatic carbocycles. The van der Waals surface area contributed by atoms with E-state index in [9.17, 15) is 9.59 Å². The zero-order valence-corrected chi connectivity index (χ0v) is 11.2. The number of carbonyl (C=O) groups is 2. The number of amides is 1. The van der Waals surface area contributed by atoms with Crippen LogP contribution in [-0.2, 0) is 9.59 Å². The van der Waals surface area contributed by atoms with Gasteiger partial charge in [0.25, 0.3) is 5.91 Å². The topological polar surface area (TPSA) is 76.1 Å². The molecule has 0 unspecified atom stereocenters. The van der Waals surface area contributed by atoms with Gasteiger partial charge in [-0.2, -0.15) is 0 Å². The number of carbonyl (C=O) groups excluding carboxylic acids is 1. The van der Waals surface area contributed by atoms with Crippen LogP contribution in [0.3, 0.4) is 0 Å². The molecule has 1 aromatic rings.